The maximum atomic E-state index is 14.0. The molecule has 0 saturated carbocycles. The molecule has 4 aliphatic rings. The predicted octanol–water partition coefficient (Wildman–Crippen LogP) is 1.99. The van der Waals surface area contributed by atoms with E-state index in [-0.39, 0.29) is 43.1 Å². The van der Waals surface area contributed by atoms with Crippen molar-refractivity contribution in [3.63, 3.8) is 0 Å². The van der Waals surface area contributed by atoms with Crippen LogP contribution >= 0.6 is 0 Å². The molecule has 2 saturated heterocycles. The summed E-state index contributed by atoms with van der Waals surface area (Å²) in [5.74, 6) is -2.33. The lowest BCUT2D eigenvalue weighted by Crippen LogP contribution is -2.53. The van der Waals surface area contributed by atoms with Crippen LogP contribution in [0.5, 0.6) is 23.0 Å². The average molecular weight is 514 g/mol. The van der Waals surface area contributed by atoms with Crippen molar-refractivity contribution < 1.29 is 34.1 Å². The number of fused-ring (bicyclic) bond motifs is 5. The van der Waals surface area contributed by atoms with E-state index in [1.165, 1.54) is 17.0 Å². The Balaban J connectivity index is 1.29. The van der Waals surface area contributed by atoms with Gasteiger partial charge in [0.2, 0.25) is 24.5 Å². The highest BCUT2D eigenvalue weighted by atomic mass is 16.7. The van der Waals surface area contributed by atoms with Crippen LogP contribution in [0.2, 0.25) is 0 Å². The number of nitrogens with one attached hydrogen (secondary N) is 2. The number of carbonyl (C=O) groups is 3. The molecule has 38 heavy (non-hydrogen) atoms. The highest BCUT2D eigenvalue weighted by molar-refractivity contribution is 6.15. The summed E-state index contributed by atoms with van der Waals surface area (Å²) in [5, 5.41) is 26.0. The molecule has 4 N–H and O–H groups in total. The van der Waals surface area contributed by atoms with E-state index < -0.39 is 29.3 Å². The molecule has 4 heterocycles. The maximum absolute atomic E-state index is 14.0. The fourth-order valence-electron chi connectivity index (χ4n) is 6.32. The summed E-state index contributed by atoms with van der Waals surface area (Å²) in [6.45, 7) is 0.148. The number of para-hydroxylation sites is 1. The van der Waals surface area contributed by atoms with E-state index >= 15 is 0 Å². The van der Waals surface area contributed by atoms with Gasteiger partial charge in [0.15, 0.2) is 23.0 Å². The van der Waals surface area contributed by atoms with E-state index in [1.54, 1.807) is 48.5 Å². The lowest BCUT2D eigenvalue weighted by atomic mass is 9.76. The summed E-state index contributed by atoms with van der Waals surface area (Å²) in [6.07, 6.45) is 0.253. The lowest BCUT2D eigenvalue weighted by molar-refractivity contribution is -0.143. The first-order valence-corrected chi connectivity index (χ1v) is 12.3. The van der Waals surface area contributed by atoms with E-state index in [1.807, 2.05) is 0 Å². The number of amides is 3. The smallest absolute Gasteiger partial charge is 0.250 e. The summed E-state index contributed by atoms with van der Waals surface area (Å²) in [7, 11) is 0. The summed E-state index contributed by atoms with van der Waals surface area (Å²) in [6, 6.07) is 16.3. The minimum atomic E-state index is -1.42. The predicted molar refractivity (Wildman–Crippen MR) is 132 cm³/mol. The van der Waals surface area contributed by atoms with E-state index in [0.29, 0.717) is 33.9 Å². The highest BCUT2D eigenvalue weighted by Crippen LogP contribution is 2.53. The van der Waals surface area contributed by atoms with Gasteiger partial charge in [-0.15, -0.1) is 0 Å². The topological polar surface area (TPSA) is 137 Å². The van der Waals surface area contributed by atoms with Crippen molar-refractivity contribution in [2.75, 3.05) is 12.1 Å². The first kappa shape index (κ1) is 22.6. The van der Waals surface area contributed by atoms with E-state index in [0.717, 1.165) is 0 Å². The van der Waals surface area contributed by atoms with Gasteiger partial charge in [0.1, 0.15) is 5.54 Å². The van der Waals surface area contributed by atoms with Gasteiger partial charge in [0.25, 0.3) is 0 Å². The number of rotatable bonds is 4. The van der Waals surface area contributed by atoms with Crippen molar-refractivity contribution in [3.05, 3.63) is 77.4 Å². The Hall–Kier alpha value is -4.57. The normalized spacial score (nSPS) is 26.7. The molecule has 4 aliphatic heterocycles. The van der Waals surface area contributed by atoms with Crippen molar-refractivity contribution >= 4 is 23.4 Å². The molecule has 3 aromatic carbocycles. The number of carbonyl (C=O) groups excluding carboxylic acids is 3. The standard InChI is InChI=1S/C28H23N3O7/c32-19-7-5-14(10-20(19)33)9-18-23-24(28(30-18)16-3-1-2-4-17(16)29-27(28)36)26(35)31(25(23)34)12-15-6-8-21-22(11-15)38-13-37-21/h1-8,10-11,18,23-24,30,32-33H,9,12-13H2,(H,29,36)/t18-,23-,24+,28-/m1/s1. The first-order chi connectivity index (χ1) is 18.4. The molecular formula is C28H23N3O7. The molecule has 0 bridgehead atoms. The Kier molecular flexibility index (Phi) is 4.74. The van der Waals surface area contributed by atoms with Crippen LogP contribution in [0.3, 0.4) is 0 Å². The van der Waals surface area contributed by atoms with Gasteiger partial charge in [-0.25, -0.2) is 0 Å². The molecule has 4 atom stereocenters. The van der Waals surface area contributed by atoms with Crippen LogP contribution in [-0.2, 0) is 32.9 Å². The van der Waals surface area contributed by atoms with Gasteiger partial charge in [0, 0.05) is 17.3 Å². The third-order valence-electron chi connectivity index (χ3n) is 7.99. The fourth-order valence-corrected chi connectivity index (χ4v) is 6.32. The average Bonchev–Trinajstić information content (AvgIpc) is 3.63. The molecule has 1 spiro atoms. The SMILES string of the molecule is O=C1[C@H]2[C@@H](C(=O)N1Cc1ccc3c(c1)OCO3)[C@@]1(N[C@@H]2Cc2ccc(O)c(O)c2)C(=O)Nc2ccccc21. The molecule has 10 nitrogen and oxygen atoms in total. The Labute approximate surface area is 216 Å². The molecule has 192 valence electrons. The minimum Gasteiger partial charge on any atom is -0.504 e. The van der Waals surface area contributed by atoms with Gasteiger partial charge in [0.05, 0.1) is 18.4 Å². The number of nitrogens with zero attached hydrogens (tertiary/aromatic N) is 1. The Morgan fingerprint density at radius 3 is 2.53 bits per heavy atom. The lowest BCUT2D eigenvalue weighted by Gasteiger charge is -2.29. The van der Waals surface area contributed by atoms with Crippen LogP contribution in [0.15, 0.2) is 60.7 Å². The number of phenolic OH excluding ortho intramolecular Hbond substituents is 2. The van der Waals surface area contributed by atoms with Gasteiger partial charge >= 0.3 is 0 Å². The van der Waals surface area contributed by atoms with Gasteiger partial charge in [-0.2, -0.15) is 0 Å². The van der Waals surface area contributed by atoms with Gasteiger partial charge in [-0.05, 0) is 47.9 Å². The number of anilines is 1. The molecule has 2 fully saturated rings. The van der Waals surface area contributed by atoms with Gasteiger partial charge in [-0.1, -0.05) is 30.3 Å². The number of benzene rings is 3. The van der Waals surface area contributed by atoms with Gasteiger partial charge < -0.3 is 25.0 Å². The summed E-state index contributed by atoms with van der Waals surface area (Å²) >= 11 is 0. The Morgan fingerprint density at radius 2 is 1.68 bits per heavy atom. The molecule has 10 heteroatoms. The van der Waals surface area contributed by atoms with Crippen molar-refractivity contribution in [2.45, 2.75) is 24.5 Å². The summed E-state index contributed by atoms with van der Waals surface area (Å²) in [4.78, 5) is 42.7. The molecule has 0 aliphatic carbocycles. The summed E-state index contributed by atoms with van der Waals surface area (Å²) < 4.78 is 10.8. The quantitative estimate of drug-likeness (QED) is 0.307. The van der Waals surface area contributed by atoms with Crippen molar-refractivity contribution in [1.82, 2.24) is 10.2 Å². The maximum Gasteiger partial charge on any atom is 0.250 e. The van der Waals surface area contributed by atoms with E-state index in [9.17, 15) is 24.6 Å². The Morgan fingerprint density at radius 1 is 0.895 bits per heavy atom. The second-order valence-electron chi connectivity index (χ2n) is 10.0. The van der Waals surface area contributed by atoms with E-state index in [4.69, 9.17) is 9.47 Å². The van der Waals surface area contributed by atoms with Crippen LogP contribution in [0.1, 0.15) is 16.7 Å². The second-order valence-corrected chi connectivity index (χ2v) is 10.0. The molecule has 7 rings (SSSR count). The number of hydrogen-bond acceptors (Lipinski definition) is 8. The monoisotopic (exact) mass is 513 g/mol. The number of imide groups is 1. The number of phenols is 2. The molecule has 0 unspecified atom stereocenters. The number of ether oxygens (including phenoxy) is 2. The first-order valence-electron chi connectivity index (χ1n) is 12.3. The van der Waals surface area contributed by atoms with Crippen molar-refractivity contribution in [2.24, 2.45) is 11.8 Å². The number of aromatic hydroxyl groups is 2. The molecule has 0 aromatic heterocycles. The van der Waals surface area contributed by atoms with Crippen molar-refractivity contribution in [1.29, 1.82) is 0 Å². The second kappa shape index (κ2) is 7.96. The largest absolute Gasteiger partial charge is 0.504 e. The molecule has 3 aromatic rings. The number of likely N-dealkylation sites (tertiary alicyclic amines) is 1. The highest BCUT2D eigenvalue weighted by Gasteiger charge is 2.70. The zero-order valence-electron chi connectivity index (χ0n) is 20.0. The van der Waals surface area contributed by atoms with Crippen LogP contribution in [0.4, 0.5) is 5.69 Å². The van der Waals surface area contributed by atoms with Crippen LogP contribution in [-0.4, -0.2) is 45.7 Å². The van der Waals surface area contributed by atoms with Crippen LogP contribution < -0.4 is 20.1 Å². The number of hydrogen-bond donors (Lipinski definition) is 4. The molecule has 0 radical (unpaired) electrons. The van der Waals surface area contributed by atoms with E-state index in [2.05, 4.69) is 10.6 Å². The fraction of sp³-hybridized carbons (Fsp3) is 0.250. The molecular weight excluding hydrogens is 490 g/mol. The van der Waals surface area contributed by atoms with Crippen LogP contribution in [0, 0.1) is 11.8 Å². The molecule has 3 amide bonds. The minimum absolute atomic E-state index is 0.0351. The van der Waals surface area contributed by atoms with Crippen molar-refractivity contribution in [3.8, 4) is 23.0 Å². The third kappa shape index (κ3) is 3.07. The summed E-state index contributed by atoms with van der Waals surface area (Å²) in [5.41, 5.74) is 1.16. The zero-order chi connectivity index (χ0) is 26.2. The third-order valence-corrected chi connectivity index (χ3v) is 7.99. The van der Waals surface area contributed by atoms with Crippen LogP contribution in [0.25, 0.3) is 0 Å². The Bertz CT molecular complexity index is 1540. The van der Waals surface area contributed by atoms with Gasteiger partial charge in [-0.3, -0.25) is 24.6 Å². The zero-order valence-corrected chi connectivity index (χ0v) is 20.0.